The number of nitrogens with one attached hydrogen (secondary N) is 1. The Morgan fingerprint density at radius 2 is 1.75 bits per heavy atom. The smallest absolute Gasteiger partial charge is 0.207 e. The Morgan fingerprint density at radius 3 is 2.29 bits per heavy atom. The molecule has 1 saturated heterocycles. The lowest BCUT2D eigenvalue weighted by atomic mass is 9.99. The van der Waals surface area contributed by atoms with Crippen LogP contribution in [-0.2, 0) is 20.0 Å². The Bertz CT molecular complexity index is 976. The third-order valence-electron chi connectivity index (χ3n) is 5.23. The summed E-state index contributed by atoms with van der Waals surface area (Å²) in [6, 6.07) is 10.1. The fourth-order valence-electron chi connectivity index (χ4n) is 3.26. The Balaban J connectivity index is 1.64. The maximum absolute atomic E-state index is 12.9. The quantitative estimate of drug-likeness (QED) is 0.712. The molecule has 0 aliphatic carbocycles. The lowest BCUT2D eigenvalue weighted by molar-refractivity contribution is 0.308. The second kappa shape index (κ2) is 8.62. The molecule has 2 aromatic rings. The van der Waals surface area contributed by atoms with E-state index in [1.807, 2.05) is 12.1 Å². The molecule has 1 atom stereocenters. The fraction of sp³-hybridized carbons (Fsp3) is 0.474. The first-order valence-corrected chi connectivity index (χ1v) is 13.2. The Hall–Kier alpha value is -1.26. The molecule has 0 amide bonds. The van der Waals surface area contributed by atoms with Crippen LogP contribution in [0.3, 0.4) is 0 Å². The average molecular weight is 443 g/mol. The van der Waals surface area contributed by atoms with Crippen molar-refractivity contribution >= 4 is 31.4 Å². The van der Waals surface area contributed by atoms with Crippen LogP contribution in [-0.4, -0.2) is 40.3 Å². The van der Waals surface area contributed by atoms with Crippen LogP contribution in [0.1, 0.15) is 44.6 Å². The number of sulfonamides is 2. The summed E-state index contributed by atoms with van der Waals surface area (Å²) in [4.78, 5) is 0.289. The third kappa shape index (κ3) is 4.65. The highest BCUT2D eigenvalue weighted by Crippen LogP contribution is 2.25. The summed E-state index contributed by atoms with van der Waals surface area (Å²) in [5, 5.41) is 1.72. The van der Waals surface area contributed by atoms with Crippen molar-refractivity contribution in [2.24, 2.45) is 0 Å². The van der Waals surface area contributed by atoms with Crippen LogP contribution < -0.4 is 4.72 Å². The lowest BCUT2D eigenvalue weighted by Gasteiger charge is -2.31. The number of piperidine rings is 1. The summed E-state index contributed by atoms with van der Waals surface area (Å²) in [5.74, 6) is 0.392. The van der Waals surface area contributed by atoms with Crippen LogP contribution in [0.5, 0.6) is 0 Å². The first-order valence-electron chi connectivity index (χ1n) is 9.40. The van der Waals surface area contributed by atoms with E-state index in [2.05, 4.69) is 18.6 Å². The van der Waals surface area contributed by atoms with Crippen LogP contribution in [0.25, 0.3) is 0 Å². The highest BCUT2D eigenvalue weighted by Gasteiger charge is 2.31. The molecule has 2 heterocycles. The van der Waals surface area contributed by atoms with E-state index < -0.39 is 20.0 Å². The molecule has 0 spiro atoms. The molecule has 0 unspecified atom stereocenters. The third-order valence-corrected chi connectivity index (χ3v) is 10.1. The highest BCUT2D eigenvalue weighted by atomic mass is 32.2. The summed E-state index contributed by atoms with van der Waals surface area (Å²) < 4.78 is 54.9. The van der Waals surface area contributed by atoms with E-state index in [-0.39, 0.29) is 15.1 Å². The normalized spacial score (nSPS) is 18.2. The lowest BCUT2D eigenvalue weighted by Crippen LogP contribution is -2.46. The van der Waals surface area contributed by atoms with E-state index >= 15 is 0 Å². The summed E-state index contributed by atoms with van der Waals surface area (Å²) >= 11 is 1.17. The van der Waals surface area contributed by atoms with Gasteiger partial charge in [0.1, 0.15) is 4.21 Å². The molecule has 3 rings (SSSR count). The van der Waals surface area contributed by atoms with Crippen molar-refractivity contribution in [3.63, 3.8) is 0 Å². The molecular weight excluding hydrogens is 416 g/mol. The van der Waals surface area contributed by atoms with Crippen LogP contribution >= 0.6 is 11.3 Å². The summed E-state index contributed by atoms with van der Waals surface area (Å²) in [6.45, 7) is 4.82. The zero-order valence-electron chi connectivity index (χ0n) is 16.0. The largest absolute Gasteiger partial charge is 0.250 e. The summed E-state index contributed by atoms with van der Waals surface area (Å²) in [6.07, 6.45) is 1.91. The van der Waals surface area contributed by atoms with Gasteiger partial charge in [0, 0.05) is 19.1 Å². The van der Waals surface area contributed by atoms with E-state index in [1.54, 1.807) is 29.6 Å². The van der Waals surface area contributed by atoms with E-state index in [0.29, 0.717) is 31.8 Å². The molecule has 0 saturated carbocycles. The van der Waals surface area contributed by atoms with Gasteiger partial charge in [-0.15, -0.1) is 11.3 Å². The molecule has 9 heteroatoms. The van der Waals surface area contributed by atoms with Crippen molar-refractivity contribution in [1.82, 2.24) is 9.03 Å². The van der Waals surface area contributed by atoms with E-state index in [4.69, 9.17) is 0 Å². The van der Waals surface area contributed by atoms with Crippen LogP contribution in [0.4, 0.5) is 0 Å². The van der Waals surface area contributed by atoms with Crippen LogP contribution in [0.15, 0.2) is 50.9 Å². The molecule has 28 heavy (non-hydrogen) atoms. The van der Waals surface area contributed by atoms with E-state index in [0.717, 1.165) is 12.0 Å². The molecule has 1 aromatic heterocycles. The second-order valence-corrected chi connectivity index (χ2v) is 11.9. The van der Waals surface area contributed by atoms with Gasteiger partial charge in [0.2, 0.25) is 20.0 Å². The van der Waals surface area contributed by atoms with Gasteiger partial charge in [-0.05, 0) is 54.3 Å². The molecule has 0 bridgehead atoms. The van der Waals surface area contributed by atoms with Gasteiger partial charge in [0.25, 0.3) is 0 Å². The minimum atomic E-state index is -3.56. The SMILES string of the molecule is CC[C@@H](C)c1ccc(S(=O)(=O)N2CCC(NS(=O)(=O)c3cccs3)CC2)cc1. The highest BCUT2D eigenvalue weighted by molar-refractivity contribution is 7.91. The van der Waals surface area contributed by atoms with Crippen LogP contribution in [0.2, 0.25) is 0 Å². The van der Waals surface area contributed by atoms with Gasteiger partial charge in [-0.2, -0.15) is 4.31 Å². The van der Waals surface area contributed by atoms with Gasteiger partial charge in [0.15, 0.2) is 0 Å². The maximum atomic E-state index is 12.9. The topological polar surface area (TPSA) is 83.6 Å². The Kier molecular flexibility index (Phi) is 6.61. The Labute approximate surface area is 171 Å². The first-order chi connectivity index (χ1) is 13.2. The number of thiophene rings is 1. The van der Waals surface area contributed by atoms with Crippen molar-refractivity contribution < 1.29 is 16.8 Å². The number of benzene rings is 1. The predicted octanol–water partition coefficient (Wildman–Crippen LogP) is 3.39. The maximum Gasteiger partial charge on any atom is 0.250 e. The Morgan fingerprint density at radius 1 is 1.11 bits per heavy atom. The molecule has 1 N–H and O–H groups in total. The number of nitrogens with zero attached hydrogens (tertiary/aromatic N) is 1. The van der Waals surface area contributed by atoms with Crippen molar-refractivity contribution in [3.8, 4) is 0 Å². The second-order valence-electron chi connectivity index (χ2n) is 7.11. The zero-order valence-corrected chi connectivity index (χ0v) is 18.5. The number of rotatable bonds is 7. The van der Waals surface area contributed by atoms with Crippen molar-refractivity contribution in [2.75, 3.05) is 13.1 Å². The van der Waals surface area contributed by atoms with Gasteiger partial charge in [-0.25, -0.2) is 21.6 Å². The number of hydrogen-bond donors (Lipinski definition) is 1. The van der Waals surface area contributed by atoms with Crippen molar-refractivity contribution in [2.45, 2.75) is 54.2 Å². The molecular formula is C19H26N2O4S3. The van der Waals surface area contributed by atoms with Gasteiger partial charge < -0.3 is 0 Å². The standard InChI is InChI=1S/C19H26N2O4S3/c1-3-15(2)16-6-8-18(9-7-16)28(24,25)21-12-10-17(11-13-21)20-27(22,23)19-5-4-14-26-19/h4-9,14-15,17,20H,3,10-13H2,1-2H3/t15-/m1/s1. The van der Waals surface area contributed by atoms with E-state index in [1.165, 1.54) is 15.6 Å². The van der Waals surface area contributed by atoms with E-state index in [9.17, 15) is 16.8 Å². The fourth-order valence-corrected chi connectivity index (χ4v) is 7.05. The minimum Gasteiger partial charge on any atom is -0.207 e. The zero-order chi connectivity index (χ0) is 20.4. The minimum absolute atomic E-state index is 0.258. The van der Waals surface area contributed by atoms with Gasteiger partial charge in [0.05, 0.1) is 4.90 Å². The predicted molar refractivity (Wildman–Crippen MR) is 112 cm³/mol. The first kappa shape index (κ1) is 21.4. The van der Waals surface area contributed by atoms with Gasteiger partial charge in [-0.3, -0.25) is 0 Å². The molecule has 1 aromatic carbocycles. The molecule has 1 aliphatic rings. The summed E-state index contributed by atoms with van der Waals surface area (Å²) in [7, 11) is -7.10. The van der Waals surface area contributed by atoms with Crippen LogP contribution in [0, 0.1) is 0 Å². The van der Waals surface area contributed by atoms with Gasteiger partial charge in [-0.1, -0.05) is 32.0 Å². The van der Waals surface area contributed by atoms with Crippen molar-refractivity contribution in [1.29, 1.82) is 0 Å². The summed E-state index contributed by atoms with van der Waals surface area (Å²) in [5.41, 5.74) is 1.13. The molecule has 1 fully saturated rings. The molecule has 6 nitrogen and oxygen atoms in total. The number of hydrogen-bond acceptors (Lipinski definition) is 5. The van der Waals surface area contributed by atoms with Crippen molar-refractivity contribution in [3.05, 3.63) is 47.3 Å². The monoisotopic (exact) mass is 442 g/mol. The molecule has 154 valence electrons. The van der Waals surface area contributed by atoms with Gasteiger partial charge >= 0.3 is 0 Å². The molecule has 0 radical (unpaired) electrons. The average Bonchev–Trinajstić information content (AvgIpc) is 3.23. The molecule has 1 aliphatic heterocycles.